The summed E-state index contributed by atoms with van der Waals surface area (Å²) in [6.07, 6.45) is 0.944. The highest BCUT2D eigenvalue weighted by atomic mass is 19.1. The molecule has 0 spiro atoms. The lowest BCUT2D eigenvalue weighted by molar-refractivity contribution is -0.0907. The van der Waals surface area contributed by atoms with E-state index in [0.717, 1.165) is 12.0 Å². The van der Waals surface area contributed by atoms with Crippen LogP contribution in [0.15, 0.2) is 18.2 Å². The van der Waals surface area contributed by atoms with Gasteiger partial charge in [-0.15, -0.1) is 0 Å². The summed E-state index contributed by atoms with van der Waals surface area (Å²) in [6, 6.07) is 4.65. The van der Waals surface area contributed by atoms with Crippen LogP contribution in [0.2, 0.25) is 0 Å². The zero-order valence-corrected chi connectivity index (χ0v) is 10.9. The molecule has 1 aliphatic rings. The fourth-order valence-corrected chi connectivity index (χ4v) is 2.79. The predicted molar refractivity (Wildman–Crippen MR) is 68.3 cm³/mol. The van der Waals surface area contributed by atoms with Gasteiger partial charge in [0.25, 0.3) is 0 Å². The van der Waals surface area contributed by atoms with Crippen molar-refractivity contribution < 1.29 is 13.9 Å². The monoisotopic (exact) mass is 253 g/mol. The van der Waals surface area contributed by atoms with Crippen LogP contribution in [0, 0.1) is 11.7 Å². The van der Waals surface area contributed by atoms with Gasteiger partial charge in [-0.3, -0.25) is 0 Å². The van der Waals surface area contributed by atoms with Crippen LogP contribution in [0.3, 0.4) is 0 Å². The molecule has 18 heavy (non-hydrogen) atoms. The molecule has 1 fully saturated rings. The molecule has 1 aliphatic heterocycles. The number of hydrogen-bond acceptors (Lipinski definition) is 3. The maximum atomic E-state index is 13.5. The minimum absolute atomic E-state index is 0.197. The maximum Gasteiger partial charge on any atom is 0.123 e. The van der Waals surface area contributed by atoms with Crippen molar-refractivity contribution >= 4 is 0 Å². The van der Waals surface area contributed by atoms with Gasteiger partial charge in [-0.2, -0.15) is 0 Å². The summed E-state index contributed by atoms with van der Waals surface area (Å²) < 4.78 is 24.3. The first-order valence-corrected chi connectivity index (χ1v) is 6.29. The second-order valence-electron chi connectivity index (χ2n) is 4.83. The molecule has 4 heteroatoms. The highest BCUT2D eigenvalue weighted by molar-refractivity contribution is 5.42. The molecule has 0 aliphatic carbocycles. The SMILES string of the molecule is CCC(CN)C1(c2cc(F)ccc2OC)COC1. The Morgan fingerprint density at radius 1 is 1.50 bits per heavy atom. The Labute approximate surface area is 107 Å². The lowest BCUT2D eigenvalue weighted by Gasteiger charge is -2.47. The van der Waals surface area contributed by atoms with Crippen molar-refractivity contribution in [3.05, 3.63) is 29.6 Å². The second-order valence-corrected chi connectivity index (χ2v) is 4.83. The van der Waals surface area contributed by atoms with Crippen LogP contribution < -0.4 is 10.5 Å². The Balaban J connectivity index is 2.46. The molecule has 1 saturated heterocycles. The highest BCUT2D eigenvalue weighted by Crippen LogP contribution is 2.44. The van der Waals surface area contributed by atoms with Gasteiger partial charge in [0, 0.05) is 11.0 Å². The predicted octanol–water partition coefficient (Wildman–Crippen LogP) is 2.09. The summed E-state index contributed by atoms with van der Waals surface area (Å²) in [5.74, 6) is 0.748. The average Bonchev–Trinajstić information content (AvgIpc) is 2.33. The van der Waals surface area contributed by atoms with Gasteiger partial charge in [-0.25, -0.2) is 4.39 Å². The topological polar surface area (TPSA) is 44.5 Å². The molecule has 0 aromatic heterocycles. The van der Waals surface area contributed by atoms with Crippen LogP contribution >= 0.6 is 0 Å². The van der Waals surface area contributed by atoms with Crippen molar-refractivity contribution in [3.8, 4) is 5.75 Å². The maximum absolute atomic E-state index is 13.5. The Morgan fingerprint density at radius 2 is 2.22 bits per heavy atom. The lowest BCUT2D eigenvalue weighted by atomic mass is 9.67. The smallest absolute Gasteiger partial charge is 0.123 e. The first-order chi connectivity index (χ1) is 8.67. The van der Waals surface area contributed by atoms with E-state index in [-0.39, 0.29) is 17.2 Å². The molecular weight excluding hydrogens is 233 g/mol. The molecule has 1 heterocycles. The fraction of sp³-hybridized carbons (Fsp3) is 0.571. The standard InChI is InChI=1S/C14H20FNO2/c1-3-10(7-16)14(8-18-9-14)12-6-11(15)4-5-13(12)17-2/h4-6,10H,3,7-9,16H2,1-2H3. The zero-order chi connectivity index (χ0) is 13.2. The molecule has 0 radical (unpaired) electrons. The number of methoxy groups -OCH3 is 1. The number of halogens is 1. The van der Waals surface area contributed by atoms with Gasteiger partial charge in [-0.1, -0.05) is 13.3 Å². The largest absolute Gasteiger partial charge is 0.496 e. The van der Waals surface area contributed by atoms with Crippen molar-refractivity contribution in [2.75, 3.05) is 26.9 Å². The van der Waals surface area contributed by atoms with Crippen molar-refractivity contribution in [3.63, 3.8) is 0 Å². The van der Waals surface area contributed by atoms with Crippen LogP contribution in [-0.2, 0) is 10.2 Å². The van der Waals surface area contributed by atoms with E-state index >= 15 is 0 Å². The summed E-state index contributed by atoms with van der Waals surface area (Å²) in [7, 11) is 1.60. The molecule has 0 saturated carbocycles. The van der Waals surface area contributed by atoms with Crippen molar-refractivity contribution in [1.29, 1.82) is 0 Å². The number of hydrogen-bond donors (Lipinski definition) is 1. The van der Waals surface area contributed by atoms with Gasteiger partial charge >= 0.3 is 0 Å². The third kappa shape index (κ3) is 1.99. The van der Waals surface area contributed by atoms with E-state index < -0.39 is 0 Å². The van der Waals surface area contributed by atoms with Gasteiger partial charge in [0.15, 0.2) is 0 Å². The minimum atomic E-state index is -0.246. The summed E-state index contributed by atoms with van der Waals surface area (Å²) >= 11 is 0. The number of nitrogens with two attached hydrogens (primary N) is 1. The van der Waals surface area contributed by atoms with Gasteiger partial charge in [0.1, 0.15) is 11.6 Å². The van der Waals surface area contributed by atoms with E-state index in [1.54, 1.807) is 19.2 Å². The molecule has 2 rings (SSSR count). The van der Waals surface area contributed by atoms with Crippen molar-refractivity contribution in [2.45, 2.75) is 18.8 Å². The molecule has 1 aromatic rings. The zero-order valence-electron chi connectivity index (χ0n) is 10.9. The molecule has 1 unspecified atom stereocenters. The van der Waals surface area contributed by atoms with Crippen molar-refractivity contribution in [2.24, 2.45) is 11.7 Å². The number of benzene rings is 1. The van der Waals surface area contributed by atoms with Gasteiger partial charge in [0.05, 0.1) is 20.3 Å². The Kier molecular flexibility index (Phi) is 3.88. The van der Waals surface area contributed by atoms with E-state index in [4.69, 9.17) is 15.2 Å². The Morgan fingerprint density at radius 3 is 2.67 bits per heavy atom. The number of rotatable bonds is 5. The first kappa shape index (κ1) is 13.3. The van der Waals surface area contributed by atoms with Gasteiger partial charge in [-0.05, 0) is 30.7 Å². The third-order valence-electron chi connectivity index (χ3n) is 3.98. The Hall–Kier alpha value is -1.13. The van der Waals surface area contributed by atoms with E-state index in [9.17, 15) is 4.39 Å². The summed E-state index contributed by atoms with van der Waals surface area (Å²) in [5, 5.41) is 0. The van der Waals surface area contributed by atoms with E-state index in [1.165, 1.54) is 6.07 Å². The van der Waals surface area contributed by atoms with Gasteiger partial charge < -0.3 is 15.2 Å². The molecule has 1 atom stereocenters. The van der Waals surface area contributed by atoms with Crippen LogP contribution in [0.25, 0.3) is 0 Å². The molecule has 3 nitrogen and oxygen atoms in total. The normalized spacial score (nSPS) is 19.1. The third-order valence-corrected chi connectivity index (χ3v) is 3.98. The fourth-order valence-electron chi connectivity index (χ4n) is 2.79. The van der Waals surface area contributed by atoms with E-state index in [1.807, 2.05) is 0 Å². The molecule has 0 bridgehead atoms. The van der Waals surface area contributed by atoms with Crippen LogP contribution in [0.5, 0.6) is 5.75 Å². The number of ether oxygens (including phenoxy) is 2. The van der Waals surface area contributed by atoms with Crippen LogP contribution in [-0.4, -0.2) is 26.9 Å². The summed E-state index contributed by atoms with van der Waals surface area (Å²) in [5.41, 5.74) is 6.54. The second kappa shape index (κ2) is 5.24. The van der Waals surface area contributed by atoms with Crippen LogP contribution in [0.4, 0.5) is 4.39 Å². The minimum Gasteiger partial charge on any atom is -0.496 e. The summed E-state index contributed by atoms with van der Waals surface area (Å²) in [6.45, 7) is 3.84. The van der Waals surface area contributed by atoms with Gasteiger partial charge in [0.2, 0.25) is 0 Å². The molecule has 100 valence electrons. The van der Waals surface area contributed by atoms with E-state index in [2.05, 4.69) is 6.92 Å². The molecule has 1 aromatic carbocycles. The first-order valence-electron chi connectivity index (χ1n) is 6.29. The Bertz CT molecular complexity index is 414. The van der Waals surface area contributed by atoms with Crippen LogP contribution in [0.1, 0.15) is 18.9 Å². The molecule has 0 amide bonds. The average molecular weight is 253 g/mol. The molecule has 2 N–H and O–H groups in total. The van der Waals surface area contributed by atoms with E-state index in [0.29, 0.717) is 25.5 Å². The van der Waals surface area contributed by atoms with Crippen molar-refractivity contribution in [1.82, 2.24) is 0 Å². The molecular formula is C14H20FNO2. The highest BCUT2D eigenvalue weighted by Gasteiger charge is 2.47. The lowest BCUT2D eigenvalue weighted by Crippen LogP contribution is -2.54. The summed E-state index contributed by atoms with van der Waals surface area (Å²) in [4.78, 5) is 0. The quantitative estimate of drug-likeness (QED) is 0.874.